The standard InChI is InChI=1S/C9H15N3/c1-12-7-4-9(11-12)8-2-5-10-6-3-8/h4,7-8,10H,2-3,5-6H2,1H3. The summed E-state index contributed by atoms with van der Waals surface area (Å²) in [5.41, 5.74) is 1.26. The molecule has 2 heterocycles. The maximum Gasteiger partial charge on any atom is 0.0656 e. The van der Waals surface area contributed by atoms with Crippen LogP contribution >= 0.6 is 0 Å². The van der Waals surface area contributed by atoms with Gasteiger partial charge in [-0.25, -0.2) is 0 Å². The molecule has 66 valence electrons. The Balaban J connectivity index is 2.08. The molecule has 0 aliphatic carbocycles. The number of nitrogens with zero attached hydrogens (tertiary/aromatic N) is 2. The first-order valence-corrected chi connectivity index (χ1v) is 4.56. The molecule has 3 heteroatoms. The third-order valence-electron chi connectivity index (χ3n) is 2.49. The van der Waals surface area contributed by atoms with E-state index in [9.17, 15) is 0 Å². The van der Waals surface area contributed by atoms with Crippen molar-refractivity contribution in [2.45, 2.75) is 18.8 Å². The maximum atomic E-state index is 4.42. The van der Waals surface area contributed by atoms with Gasteiger partial charge in [0, 0.05) is 19.2 Å². The van der Waals surface area contributed by atoms with Gasteiger partial charge in [-0.2, -0.15) is 5.10 Å². The molecule has 0 atom stereocenters. The molecule has 1 fully saturated rings. The molecule has 2 rings (SSSR count). The monoisotopic (exact) mass is 165 g/mol. The highest BCUT2D eigenvalue weighted by molar-refractivity contribution is 5.07. The van der Waals surface area contributed by atoms with Gasteiger partial charge >= 0.3 is 0 Å². The average Bonchev–Trinajstić information content (AvgIpc) is 2.54. The van der Waals surface area contributed by atoms with E-state index in [-0.39, 0.29) is 0 Å². The number of rotatable bonds is 1. The van der Waals surface area contributed by atoms with Gasteiger partial charge in [-0.15, -0.1) is 0 Å². The van der Waals surface area contributed by atoms with Crippen LogP contribution in [-0.2, 0) is 7.05 Å². The molecule has 0 bridgehead atoms. The first-order valence-electron chi connectivity index (χ1n) is 4.56. The Morgan fingerprint density at radius 1 is 1.50 bits per heavy atom. The summed E-state index contributed by atoms with van der Waals surface area (Å²) < 4.78 is 1.89. The van der Waals surface area contributed by atoms with Gasteiger partial charge in [0.1, 0.15) is 0 Å². The average molecular weight is 165 g/mol. The second-order valence-electron chi connectivity index (χ2n) is 3.44. The van der Waals surface area contributed by atoms with E-state index in [0.717, 1.165) is 13.1 Å². The van der Waals surface area contributed by atoms with Crippen molar-refractivity contribution in [1.82, 2.24) is 15.1 Å². The van der Waals surface area contributed by atoms with E-state index in [2.05, 4.69) is 16.5 Å². The fourth-order valence-electron chi connectivity index (χ4n) is 1.77. The molecule has 1 N–H and O–H groups in total. The Morgan fingerprint density at radius 3 is 2.83 bits per heavy atom. The van der Waals surface area contributed by atoms with Crippen molar-refractivity contribution in [2.24, 2.45) is 7.05 Å². The normalized spacial score (nSPS) is 19.8. The lowest BCUT2D eigenvalue weighted by Crippen LogP contribution is -2.26. The van der Waals surface area contributed by atoms with Crippen LogP contribution in [0.4, 0.5) is 0 Å². The van der Waals surface area contributed by atoms with Crippen LogP contribution in [0, 0.1) is 0 Å². The molecule has 1 aromatic heterocycles. The Hall–Kier alpha value is -0.830. The zero-order valence-corrected chi connectivity index (χ0v) is 7.45. The predicted molar refractivity (Wildman–Crippen MR) is 48.1 cm³/mol. The summed E-state index contributed by atoms with van der Waals surface area (Å²) in [5.74, 6) is 0.687. The Labute approximate surface area is 72.8 Å². The first kappa shape index (κ1) is 7.80. The molecule has 0 saturated carbocycles. The number of aryl methyl sites for hydroxylation is 1. The van der Waals surface area contributed by atoms with Crippen molar-refractivity contribution in [3.8, 4) is 0 Å². The zero-order valence-electron chi connectivity index (χ0n) is 7.45. The van der Waals surface area contributed by atoms with Crippen LogP contribution in [0.2, 0.25) is 0 Å². The molecule has 0 radical (unpaired) electrons. The molecule has 12 heavy (non-hydrogen) atoms. The fourth-order valence-corrected chi connectivity index (χ4v) is 1.77. The van der Waals surface area contributed by atoms with E-state index in [1.54, 1.807) is 0 Å². The summed E-state index contributed by atoms with van der Waals surface area (Å²) in [4.78, 5) is 0. The quantitative estimate of drug-likeness (QED) is 0.669. The van der Waals surface area contributed by atoms with E-state index in [1.807, 2.05) is 17.9 Å². The lowest BCUT2D eigenvalue weighted by molar-refractivity contribution is 0.450. The molecule has 1 aliphatic heterocycles. The highest BCUT2D eigenvalue weighted by atomic mass is 15.2. The fraction of sp³-hybridized carbons (Fsp3) is 0.667. The summed E-state index contributed by atoms with van der Waals surface area (Å²) >= 11 is 0. The van der Waals surface area contributed by atoms with Crippen molar-refractivity contribution >= 4 is 0 Å². The van der Waals surface area contributed by atoms with Gasteiger partial charge in [0.15, 0.2) is 0 Å². The second kappa shape index (κ2) is 3.27. The minimum atomic E-state index is 0.687. The summed E-state index contributed by atoms with van der Waals surface area (Å²) in [5, 5.41) is 7.78. The van der Waals surface area contributed by atoms with E-state index in [1.165, 1.54) is 18.5 Å². The molecule has 3 nitrogen and oxygen atoms in total. The van der Waals surface area contributed by atoms with Gasteiger partial charge in [-0.05, 0) is 32.0 Å². The van der Waals surface area contributed by atoms with Crippen LogP contribution in [-0.4, -0.2) is 22.9 Å². The lowest BCUT2D eigenvalue weighted by Gasteiger charge is -2.20. The van der Waals surface area contributed by atoms with Gasteiger partial charge in [0.25, 0.3) is 0 Å². The molecule has 0 aromatic carbocycles. The van der Waals surface area contributed by atoms with Crippen molar-refractivity contribution in [1.29, 1.82) is 0 Å². The number of piperidine rings is 1. The van der Waals surface area contributed by atoms with Crippen LogP contribution in [0.3, 0.4) is 0 Å². The van der Waals surface area contributed by atoms with Gasteiger partial charge < -0.3 is 5.32 Å². The molecule has 0 unspecified atom stereocenters. The molecular weight excluding hydrogens is 150 g/mol. The molecule has 0 amide bonds. The highest BCUT2D eigenvalue weighted by Crippen LogP contribution is 2.22. The number of nitrogens with one attached hydrogen (secondary N) is 1. The Bertz CT molecular complexity index is 248. The number of hydrogen-bond donors (Lipinski definition) is 1. The Kier molecular flexibility index (Phi) is 2.13. The van der Waals surface area contributed by atoms with Crippen LogP contribution in [0.1, 0.15) is 24.5 Å². The number of aromatic nitrogens is 2. The summed E-state index contributed by atoms with van der Waals surface area (Å²) in [6.07, 6.45) is 4.49. The second-order valence-corrected chi connectivity index (χ2v) is 3.44. The van der Waals surface area contributed by atoms with E-state index >= 15 is 0 Å². The van der Waals surface area contributed by atoms with Crippen molar-refractivity contribution in [2.75, 3.05) is 13.1 Å². The smallest absolute Gasteiger partial charge is 0.0656 e. The van der Waals surface area contributed by atoms with Crippen molar-refractivity contribution in [3.63, 3.8) is 0 Å². The minimum Gasteiger partial charge on any atom is -0.317 e. The van der Waals surface area contributed by atoms with E-state index in [0.29, 0.717) is 5.92 Å². The molecule has 1 aromatic rings. The minimum absolute atomic E-state index is 0.687. The van der Waals surface area contributed by atoms with Crippen LogP contribution < -0.4 is 5.32 Å². The number of hydrogen-bond acceptors (Lipinski definition) is 2. The molecule has 1 aliphatic rings. The van der Waals surface area contributed by atoms with Crippen LogP contribution in [0.15, 0.2) is 12.3 Å². The highest BCUT2D eigenvalue weighted by Gasteiger charge is 2.16. The molecule has 1 saturated heterocycles. The lowest BCUT2D eigenvalue weighted by atomic mass is 9.95. The first-order chi connectivity index (χ1) is 5.86. The topological polar surface area (TPSA) is 29.9 Å². The summed E-state index contributed by atoms with van der Waals surface area (Å²) in [7, 11) is 1.98. The van der Waals surface area contributed by atoms with Gasteiger partial charge in [0.2, 0.25) is 0 Å². The largest absolute Gasteiger partial charge is 0.317 e. The third kappa shape index (κ3) is 1.50. The zero-order chi connectivity index (χ0) is 8.39. The van der Waals surface area contributed by atoms with E-state index < -0.39 is 0 Å². The van der Waals surface area contributed by atoms with Gasteiger partial charge in [-0.1, -0.05) is 0 Å². The third-order valence-corrected chi connectivity index (χ3v) is 2.49. The van der Waals surface area contributed by atoms with Crippen LogP contribution in [0.5, 0.6) is 0 Å². The molecule has 0 spiro atoms. The van der Waals surface area contributed by atoms with Crippen molar-refractivity contribution < 1.29 is 0 Å². The van der Waals surface area contributed by atoms with Crippen molar-refractivity contribution in [3.05, 3.63) is 18.0 Å². The predicted octanol–water partition coefficient (Wildman–Crippen LogP) is 0.887. The maximum absolute atomic E-state index is 4.42. The van der Waals surface area contributed by atoms with Crippen LogP contribution in [0.25, 0.3) is 0 Å². The van der Waals surface area contributed by atoms with Gasteiger partial charge in [0.05, 0.1) is 5.69 Å². The molecular formula is C9H15N3. The SMILES string of the molecule is Cn1ccc(C2CCNCC2)n1. The Morgan fingerprint density at radius 2 is 2.25 bits per heavy atom. The van der Waals surface area contributed by atoms with Gasteiger partial charge in [-0.3, -0.25) is 4.68 Å². The summed E-state index contributed by atoms with van der Waals surface area (Å²) in [6, 6.07) is 2.13. The van der Waals surface area contributed by atoms with E-state index in [4.69, 9.17) is 0 Å². The summed E-state index contributed by atoms with van der Waals surface area (Å²) in [6.45, 7) is 2.28.